The molecule has 68 valence electrons. The topological polar surface area (TPSA) is 0 Å². The maximum Gasteiger partial charge on any atom is 0.239 e. The molecule has 0 fully saturated rings. The molecule has 0 aliphatic rings. The summed E-state index contributed by atoms with van der Waals surface area (Å²) in [7, 11) is 0. The molecule has 11 heavy (non-hydrogen) atoms. The van der Waals surface area contributed by atoms with Crippen molar-refractivity contribution in [1.82, 2.24) is 0 Å². The van der Waals surface area contributed by atoms with E-state index in [0.29, 0.717) is 5.88 Å². The predicted molar refractivity (Wildman–Crippen MR) is 44.4 cm³/mol. The minimum absolute atomic E-state index is 0.0790. The number of hydrogen-bond donors (Lipinski definition) is 0. The van der Waals surface area contributed by atoms with E-state index in [1.54, 1.807) is 0 Å². The summed E-state index contributed by atoms with van der Waals surface area (Å²) in [6.07, 6.45) is -0.619. The predicted octanol–water partition coefficient (Wildman–Crippen LogP) is 3.69. The third kappa shape index (κ3) is 4.57. The Labute approximate surface area is 71.9 Å². The molecule has 0 saturated heterocycles. The molecular weight excluding hydrogens is 170 g/mol. The molecule has 0 rings (SSSR count). The molecule has 0 spiro atoms. The lowest BCUT2D eigenvalue weighted by Crippen LogP contribution is -2.21. The monoisotopic (exact) mass is 184 g/mol. The van der Waals surface area contributed by atoms with Gasteiger partial charge in [0.25, 0.3) is 0 Å². The van der Waals surface area contributed by atoms with Crippen LogP contribution in [0.15, 0.2) is 0 Å². The third-order valence-electron chi connectivity index (χ3n) is 1.82. The van der Waals surface area contributed by atoms with E-state index >= 15 is 0 Å². The number of hydrogen-bond acceptors (Lipinski definition) is 0. The van der Waals surface area contributed by atoms with Gasteiger partial charge in [-0.1, -0.05) is 20.3 Å². The molecule has 1 atom stereocenters. The maximum absolute atomic E-state index is 12.0. The van der Waals surface area contributed by atoms with E-state index in [9.17, 15) is 8.78 Å². The summed E-state index contributed by atoms with van der Waals surface area (Å²) in [5.74, 6) is 0.325. The van der Waals surface area contributed by atoms with Gasteiger partial charge in [0, 0.05) is 12.3 Å². The lowest BCUT2D eigenvalue weighted by Gasteiger charge is -2.25. The van der Waals surface area contributed by atoms with Gasteiger partial charge in [-0.25, -0.2) is 8.78 Å². The van der Waals surface area contributed by atoms with Crippen LogP contribution >= 0.6 is 11.6 Å². The van der Waals surface area contributed by atoms with Crippen LogP contribution in [0.1, 0.15) is 33.1 Å². The SMILES string of the molecule is CCCC(C)(CCl)CC(F)F. The molecule has 0 aromatic rings. The molecule has 0 saturated carbocycles. The second-order valence-electron chi connectivity index (χ2n) is 3.29. The van der Waals surface area contributed by atoms with E-state index in [4.69, 9.17) is 11.6 Å². The molecule has 3 heteroatoms. The van der Waals surface area contributed by atoms with Crippen molar-refractivity contribution in [2.24, 2.45) is 5.41 Å². The maximum atomic E-state index is 12.0. The van der Waals surface area contributed by atoms with E-state index in [2.05, 4.69) is 0 Å². The van der Waals surface area contributed by atoms with E-state index in [1.807, 2.05) is 13.8 Å². The average molecular weight is 185 g/mol. The smallest absolute Gasteiger partial charge is 0.211 e. The van der Waals surface area contributed by atoms with Crippen molar-refractivity contribution < 1.29 is 8.78 Å². The van der Waals surface area contributed by atoms with Crippen molar-refractivity contribution in [2.75, 3.05) is 5.88 Å². The van der Waals surface area contributed by atoms with Gasteiger partial charge in [0.2, 0.25) is 6.43 Å². The largest absolute Gasteiger partial charge is 0.239 e. The van der Waals surface area contributed by atoms with Crippen molar-refractivity contribution in [3.05, 3.63) is 0 Å². The summed E-state index contributed by atoms with van der Waals surface area (Å²) >= 11 is 5.60. The van der Waals surface area contributed by atoms with Crippen LogP contribution in [0.5, 0.6) is 0 Å². The molecule has 0 aliphatic heterocycles. The summed E-state index contributed by atoms with van der Waals surface area (Å²) in [5.41, 5.74) is -0.371. The molecule has 0 aromatic carbocycles. The van der Waals surface area contributed by atoms with Gasteiger partial charge in [-0.05, 0) is 11.8 Å². The normalized spacial score (nSPS) is 16.9. The van der Waals surface area contributed by atoms with Crippen molar-refractivity contribution in [2.45, 2.75) is 39.5 Å². The molecule has 0 amide bonds. The van der Waals surface area contributed by atoms with Crippen molar-refractivity contribution in [3.63, 3.8) is 0 Å². The van der Waals surface area contributed by atoms with Crippen LogP contribution in [-0.2, 0) is 0 Å². The Hall–Kier alpha value is 0.150. The second-order valence-corrected chi connectivity index (χ2v) is 3.56. The highest BCUT2D eigenvalue weighted by atomic mass is 35.5. The zero-order chi connectivity index (χ0) is 8.91. The quantitative estimate of drug-likeness (QED) is 0.572. The Balaban J connectivity index is 3.87. The molecule has 0 radical (unpaired) electrons. The second kappa shape index (κ2) is 4.91. The van der Waals surface area contributed by atoms with Crippen molar-refractivity contribution in [3.8, 4) is 0 Å². The average Bonchev–Trinajstić information content (AvgIpc) is 1.87. The van der Waals surface area contributed by atoms with Gasteiger partial charge in [-0.2, -0.15) is 0 Å². The van der Waals surface area contributed by atoms with Crippen molar-refractivity contribution >= 4 is 11.6 Å². The first-order valence-corrected chi connectivity index (χ1v) is 4.41. The van der Waals surface area contributed by atoms with Crippen LogP contribution in [0.3, 0.4) is 0 Å². The molecule has 0 aromatic heterocycles. The van der Waals surface area contributed by atoms with E-state index in [1.165, 1.54) is 0 Å². The first-order chi connectivity index (χ1) is 5.04. The highest BCUT2D eigenvalue weighted by Crippen LogP contribution is 2.31. The standard InChI is InChI=1S/C8H15ClF2/c1-3-4-8(2,6-9)5-7(10)11/h7H,3-6H2,1-2H3. The van der Waals surface area contributed by atoms with Gasteiger partial charge in [0.15, 0.2) is 0 Å². The minimum Gasteiger partial charge on any atom is -0.211 e. The van der Waals surface area contributed by atoms with Gasteiger partial charge in [-0.3, -0.25) is 0 Å². The van der Waals surface area contributed by atoms with Crippen LogP contribution < -0.4 is 0 Å². The number of halogens is 3. The van der Waals surface area contributed by atoms with Crippen molar-refractivity contribution in [1.29, 1.82) is 0 Å². The third-order valence-corrected chi connectivity index (χ3v) is 2.47. The fourth-order valence-corrected chi connectivity index (χ4v) is 1.44. The molecular formula is C8H15ClF2. The van der Waals surface area contributed by atoms with Crippen LogP contribution in [-0.4, -0.2) is 12.3 Å². The molecule has 0 bridgehead atoms. The lowest BCUT2D eigenvalue weighted by atomic mass is 9.84. The van der Waals surface area contributed by atoms with Gasteiger partial charge >= 0.3 is 0 Å². The Morgan fingerprint density at radius 3 is 2.27 bits per heavy atom. The van der Waals surface area contributed by atoms with Gasteiger partial charge in [0.1, 0.15) is 0 Å². The van der Waals surface area contributed by atoms with Gasteiger partial charge < -0.3 is 0 Å². The van der Waals surface area contributed by atoms with Crippen LogP contribution in [0, 0.1) is 5.41 Å². The highest BCUT2D eigenvalue weighted by molar-refractivity contribution is 6.18. The first-order valence-electron chi connectivity index (χ1n) is 3.88. The van der Waals surface area contributed by atoms with Gasteiger partial charge in [0.05, 0.1) is 0 Å². The summed E-state index contributed by atoms with van der Waals surface area (Å²) in [6.45, 7) is 3.80. The first kappa shape index (κ1) is 11.2. The lowest BCUT2D eigenvalue weighted by molar-refractivity contribution is 0.0846. The fraction of sp³-hybridized carbons (Fsp3) is 1.00. The summed E-state index contributed by atoms with van der Waals surface area (Å²) in [5, 5.41) is 0. The Kier molecular flexibility index (Phi) is 4.98. The molecule has 0 N–H and O–H groups in total. The summed E-state index contributed by atoms with van der Waals surface area (Å²) in [4.78, 5) is 0. The summed E-state index contributed by atoms with van der Waals surface area (Å²) in [6, 6.07) is 0. The van der Waals surface area contributed by atoms with E-state index < -0.39 is 6.43 Å². The highest BCUT2D eigenvalue weighted by Gasteiger charge is 2.26. The zero-order valence-corrected chi connectivity index (χ0v) is 7.80. The Morgan fingerprint density at radius 1 is 1.45 bits per heavy atom. The number of rotatable bonds is 5. The van der Waals surface area contributed by atoms with Crippen LogP contribution in [0.25, 0.3) is 0 Å². The zero-order valence-electron chi connectivity index (χ0n) is 7.04. The molecule has 0 aliphatic carbocycles. The van der Waals surface area contributed by atoms with Gasteiger partial charge in [-0.15, -0.1) is 11.6 Å². The Bertz CT molecular complexity index is 106. The number of alkyl halides is 3. The minimum atomic E-state index is -2.23. The fourth-order valence-electron chi connectivity index (χ4n) is 1.20. The van der Waals surface area contributed by atoms with E-state index in [-0.39, 0.29) is 11.8 Å². The molecule has 0 heterocycles. The van der Waals surface area contributed by atoms with E-state index in [0.717, 1.165) is 12.8 Å². The Morgan fingerprint density at radius 2 is 2.00 bits per heavy atom. The van der Waals surface area contributed by atoms with Crippen LogP contribution in [0.4, 0.5) is 8.78 Å². The summed E-state index contributed by atoms with van der Waals surface area (Å²) < 4.78 is 24.0. The molecule has 0 nitrogen and oxygen atoms in total. The molecule has 1 unspecified atom stereocenters. The van der Waals surface area contributed by atoms with Crippen LogP contribution in [0.2, 0.25) is 0 Å².